The molecule has 2 aromatic carbocycles. The molecule has 0 atom stereocenters. The van der Waals surface area contributed by atoms with Gasteiger partial charge >= 0.3 is 6.18 Å². The van der Waals surface area contributed by atoms with E-state index < -0.39 is 11.7 Å². The molecule has 25 heavy (non-hydrogen) atoms. The van der Waals surface area contributed by atoms with Gasteiger partial charge < -0.3 is 10.1 Å². The van der Waals surface area contributed by atoms with E-state index in [9.17, 15) is 18.0 Å². The van der Waals surface area contributed by atoms with E-state index in [-0.39, 0.29) is 18.4 Å². The third kappa shape index (κ3) is 6.14. The summed E-state index contributed by atoms with van der Waals surface area (Å²) in [7, 11) is 0. The van der Waals surface area contributed by atoms with E-state index in [0.29, 0.717) is 12.1 Å². The van der Waals surface area contributed by atoms with E-state index in [2.05, 4.69) is 5.32 Å². The van der Waals surface area contributed by atoms with Gasteiger partial charge in [-0.15, -0.1) is 0 Å². The highest BCUT2D eigenvalue weighted by Gasteiger charge is 2.30. The van der Waals surface area contributed by atoms with Crippen LogP contribution < -0.4 is 10.1 Å². The molecule has 2 aromatic rings. The summed E-state index contributed by atoms with van der Waals surface area (Å²) in [5.74, 6) is 0.413. The molecule has 0 aliphatic heterocycles. The molecule has 0 aliphatic rings. The molecular formula is C19H20F3NO2. The van der Waals surface area contributed by atoms with Gasteiger partial charge in [-0.2, -0.15) is 13.2 Å². The smallest absolute Gasteiger partial charge is 0.416 e. The summed E-state index contributed by atoms with van der Waals surface area (Å²) < 4.78 is 43.6. The van der Waals surface area contributed by atoms with Gasteiger partial charge in [0.1, 0.15) is 5.75 Å². The molecule has 1 amide bonds. The van der Waals surface area contributed by atoms with Crippen LogP contribution in [0.25, 0.3) is 0 Å². The fourth-order valence-corrected chi connectivity index (χ4v) is 2.26. The molecule has 1 N–H and O–H groups in total. The Balaban J connectivity index is 1.88. The predicted octanol–water partition coefficient (Wildman–Crippen LogP) is 4.35. The van der Waals surface area contributed by atoms with Crippen LogP contribution >= 0.6 is 0 Å². The third-order valence-corrected chi connectivity index (χ3v) is 3.40. The van der Waals surface area contributed by atoms with Crippen molar-refractivity contribution in [2.24, 2.45) is 0 Å². The number of amides is 1. The van der Waals surface area contributed by atoms with Crippen molar-refractivity contribution in [2.45, 2.75) is 39.1 Å². The molecule has 3 nitrogen and oxygen atoms in total. The van der Waals surface area contributed by atoms with Crippen LogP contribution in [0.3, 0.4) is 0 Å². The fourth-order valence-electron chi connectivity index (χ4n) is 2.26. The first-order valence-electron chi connectivity index (χ1n) is 7.92. The van der Waals surface area contributed by atoms with Crippen LogP contribution in [0.2, 0.25) is 0 Å². The molecule has 134 valence electrons. The van der Waals surface area contributed by atoms with Gasteiger partial charge in [-0.25, -0.2) is 0 Å². The van der Waals surface area contributed by atoms with Crippen molar-refractivity contribution >= 4 is 5.91 Å². The molecule has 6 heteroatoms. The average molecular weight is 351 g/mol. The molecule has 0 aliphatic carbocycles. The minimum atomic E-state index is -4.41. The van der Waals surface area contributed by atoms with Crippen molar-refractivity contribution in [2.75, 3.05) is 0 Å². The summed E-state index contributed by atoms with van der Waals surface area (Å²) in [5.41, 5.74) is 0.458. The number of hydrogen-bond donors (Lipinski definition) is 1. The largest absolute Gasteiger partial charge is 0.491 e. The van der Waals surface area contributed by atoms with Gasteiger partial charge in [0, 0.05) is 6.54 Å². The van der Waals surface area contributed by atoms with Crippen LogP contribution in [-0.2, 0) is 23.9 Å². The lowest BCUT2D eigenvalue weighted by Crippen LogP contribution is -2.24. The molecule has 0 radical (unpaired) electrons. The zero-order valence-electron chi connectivity index (χ0n) is 14.1. The Morgan fingerprint density at radius 2 is 1.76 bits per heavy atom. The van der Waals surface area contributed by atoms with Crippen LogP contribution in [0, 0.1) is 0 Å². The number of carbonyl (C=O) groups is 1. The van der Waals surface area contributed by atoms with E-state index in [0.717, 1.165) is 23.4 Å². The van der Waals surface area contributed by atoms with E-state index >= 15 is 0 Å². The predicted molar refractivity (Wildman–Crippen MR) is 89.2 cm³/mol. The van der Waals surface area contributed by atoms with Gasteiger partial charge in [-0.1, -0.05) is 30.3 Å². The molecule has 0 bridgehead atoms. The third-order valence-electron chi connectivity index (χ3n) is 3.40. The zero-order chi connectivity index (χ0) is 18.4. The summed E-state index contributed by atoms with van der Waals surface area (Å²) in [6.45, 7) is 4.17. The van der Waals surface area contributed by atoms with E-state index in [1.54, 1.807) is 0 Å². The van der Waals surface area contributed by atoms with Crippen molar-refractivity contribution in [1.82, 2.24) is 5.32 Å². The summed E-state index contributed by atoms with van der Waals surface area (Å²) in [4.78, 5) is 11.9. The highest BCUT2D eigenvalue weighted by atomic mass is 19.4. The highest BCUT2D eigenvalue weighted by molar-refractivity contribution is 5.78. The second-order valence-electron chi connectivity index (χ2n) is 5.96. The SMILES string of the molecule is CC(C)Oc1ccc(CNC(=O)Cc2cccc(C(F)(F)F)c2)cc1. The molecule has 0 aromatic heterocycles. The average Bonchev–Trinajstić information content (AvgIpc) is 2.53. The van der Waals surface area contributed by atoms with Crippen molar-refractivity contribution < 1.29 is 22.7 Å². The van der Waals surface area contributed by atoms with E-state index in [1.165, 1.54) is 12.1 Å². The van der Waals surface area contributed by atoms with Gasteiger partial charge in [0.15, 0.2) is 0 Å². The first kappa shape index (κ1) is 18.8. The topological polar surface area (TPSA) is 38.3 Å². The van der Waals surface area contributed by atoms with Crippen LogP contribution in [0.1, 0.15) is 30.5 Å². The van der Waals surface area contributed by atoms with Gasteiger partial charge in [0.2, 0.25) is 5.91 Å². The second-order valence-corrected chi connectivity index (χ2v) is 5.96. The first-order chi connectivity index (χ1) is 11.7. The molecule has 0 saturated carbocycles. The Morgan fingerprint density at radius 1 is 1.08 bits per heavy atom. The van der Waals surface area contributed by atoms with Crippen LogP contribution in [0.4, 0.5) is 13.2 Å². The molecular weight excluding hydrogens is 331 g/mol. The lowest BCUT2D eigenvalue weighted by atomic mass is 10.1. The standard InChI is InChI=1S/C19H20F3NO2/c1-13(2)25-17-8-6-14(7-9-17)12-23-18(24)11-15-4-3-5-16(10-15)19(20,21)22/h3-10,13H,11-12H2,1-2H3,(H,23,24). The van der Waals surface area contributed by atoms with Crippen LogP contribution in [0.5, 0.6) is 5.75 Å². The number of rotatable bonds is 6. The van der Waals surface area contributed by atoms with Gasteiger partial charge in [-0.05, 0) is 43.2 Å². The van der Waals surface area contributed by atoms with Gasteiger partial charge in [0.05, 0.1) is 18.1 Å². The van der Waals surface area contributed by atoms with Crippen molar-refractivity contribution in [3.05, 3.63) is 65.2 Å². The Labute approximate surface area is 144 Å². The van der Waals surface area contributed by atoms with E-state index in [4.69, 9.17) is 4.74 Å². The number of ether oxygens (including phenoxy) is 1. The first-order valence-corrected chi connectivity index (χ1v) is 7.92. The number of carbonyl (C=O) groups excluding carboxylic acids is 1. The highest BCUT2D eigenvalue weighted by Crippen LogP contribution is 2.29. The maximum absolute atomic E-state index is 12.7. The molecule has 0 fully saturated rings. The van der Waals surface area contributed by atoms with Crippen LogP contribution in [-0.4, -0.2) is 12.0 Å². The summed E-state index contributed by atoms with van der Waals surface area (Å²) in [5, 5.41) is 2.70. The van der Waals surface area contributed by atoms with E-state index in [1.807, 2.05) is 38.1 Å². The molecule has 0 unspecified atom stereocenters. The Bertz CT molecular complexity index is 709. The van der Waals surface area contributed by atoms with Crippen LogP contribution in [0.15, 0.2) is 48.5 Å². The van der Waals surface area contributed by atoms with Crippen molar-refractivity contribution in [3.8, 4) is 5.75 Å². The normalized spacial score (nSPS) is 11.4. The fraction of sp³-hybridized carbons (Fsp3) is 0.316. The van der Waals surface area contributed by atoms with Gasteiger partial charge in [0.25, 0.3) is 0 Å². The number of benzene rings is 2. The Kier molecular flexibility index (Phi) is 6.07. The van der Waals surface area contributed by atoms with Crippen molar-refractivity contribution in [1.29, 1.82) is 0 Å². The number of hydrogen-bond acceptors (Lipinski definition) is 2. The number of halogens is 3. The molecule has 0 heterocycles. The Hall–Kier alpha value is -2.50. The number of alkyl halides is 3. The van der Waals surface area contributed by atoms with Crippen molar-refractivity contribution in [3.63, 3.8) is 0 Å². The quantitative estimate of drug-likeness (QED) is 0.840. The Morgan fingerprint density at radius 3 is 2.36 bits per heavy atom. The monoisotopic (exact) mass is 351 g/mol. The summed E-state index contributed by atoms with van der Waals surface area (Å²) in [6, 6.07) is 12.1. The number of nitrogens with one attached hydrogen (secondary N) is 1. The minimum Gasteiger partial charge on any atom is -0.491 e. The molecule has 0 saturated heterocycles. The second kappa shape index (κ2) is 8.05. The maximum Gasteiger partial charge on any atom is 0.416 e. The molecule has 0 spiro atoms. The molecule has 2 rings (SSSR count). The lowest BCUT2D eigenvalue weighted by Gasteiger charge is -2.11. The summed E-state index contributed by atoms with van der Waals surface area (Å²) >= 11 is 0. The maximum atomic E-state index is 12.7. The van der Waals surface area contributed by atoms with Gasteiger partial charge in [-0.3, -0.25) is 4.79 Å². The summed E-state index contributed by atoms with van der Waals surface area (Å²) in [6.07, 6.45) is -4.43. The lowest BCUT2D eigenvalue weighted by molar-refractivity contribution is -0.137. The minimum absolute atomic E-state index is 0.0815. The zero-order valence-corrected chi connectivity index (χ0v) is 14.1.